The van der Waals surface area contributed by atoms with Crippen molar-refractivity contribution in [2.45, 2.75) is 51.5 Å². The van der Waals surface area contributed by atoms with E-state index in [9.17, 15) is 4.79 Å². The number of anilines is 1. The van der Waals surface area contributed by atoms with Crippen molar-refractivity contribution in [3.8, 4) is 34.0 Å². The van der Waals surface area contributed by atoms with Crippen molar-refractivity contribution in [1.29, 1.82) is 0 Å². The lowest BCUT2D eigenvalue weighted by Gasteiger charge is -2.23. The van der Waals surface area contributed by atoms with Gasteiger partial charge in [0.25, 0.3) is 5.91 Å². The first kappa shape index (κ1) is 29.9. The van der Waals surface area contributed by atoms with E-state index in [1.54, 1.807) is 24.3 Å². The van der Waals surface area contributed by atoms with Gasteiger partial charge >= 0.3 is 0 Å². The molecular weight excluding hydrogens is 549 g/mol. The van der Waals surface area contributed by atoms with Crippen LogP contribution >= 0.6 is 23.2 Å². The molecule has 1 fully saturated rings. The van der Waals surface area contributed by atoms with Gasteiger partial charge < -0.3 is 25.4 Å². The monoisotopic (exact) mass is 585 g/mol. The number of hydrogen-bond donors (Lipinski definition) is 2. The normalized spacial score (nSPS) is 13.8. The lowest BCUT2D eigenvalue weighted by molar-refractivity contribution is 0.0923. The molecule has 0 spiro atoms. The maximum atomic E-state index is 13.3. The maximum absolute atomic E-state index is 13.3. The number of hydrogen-bond acceptors (Lipinski definition) is 7. The number of nitrogen functional groups attached to an aromatic ring is 1. The first-order valence-electron chi connectivity index (χ1n) is 13.7. The van der Waals surface area contributed by atoms with Crippen LogP contribution in [0.3, 0.4) is 0 Å². The molecule has 1 aromatic heterocycles. The van der Waals surface area contributed by atoms with E-state index < -0.39 is 0 Å². The van der Waals surface area contributed by atoms with Gasteiger partial charge in [0.1, 0.15) is 17.2 Å². The zero-order chi connectivity index (χ0) is 28.6. The number of carbonyl (C=O) groups excluding carboxylic acids is 1. The van der Waals surface area contributed by atoms with Crippen LogP contribution in [0.15, 0.2) is 36.4 Å². The van der Waals surface area contributed by atoms with E-state index in [0.29, 0.717) is 57.3 Å². The molecule has 2 aromatic carbocycles. The molecule has 8 nitrogen and oxygen atoms in total. The topological polar surface area (TPSA) is 103 Å². The fourth-order valence-electron chi connectivity index (χ4n) is 4.77. The summed E-state index contributed by atoms with van der Waals surface area (Å²) in [6.45, 7) is 3.79. The molecule has 10 heteroatoms. The Bertz CT molecular complexity index is 1330. The smallest absolute Gasteiger partial charge is 0.273 e. The van der Waals surface area contributed by atoms with Crippen LogP contribution in [-0.4, -0.2) is 60.7 Å². The molecule has 214 valence electrons. The minimum atomic E-state index is -0.340. The summed E-state index contributed by atoms with van der Waals surface area (Å²) in [6.07, 6.45) is 6.09. The maximum Gasteiger partial charge on any atom is 0.273 e. The second-order valence-electron chi connectivity index (χ2n) is 10.2. The number of ether oxygens (including phenoxy) is 2. The van der Waals surface area contributed by atoms with Gasteiger partial charge in [-0.25, -0.2) is 9.97 Å². The van der Waals surface area contributed by atoms with Crippen molar-refractivity contribution in [3.05, 3.63) is 52.1 Å². The van der Waals surface area contributed by atoms with E-state index in [-0.39, 0.29) is 23.5 Å². The van der Waals surface area contributed by atoms with Gasteiger partial charge in [-0.05, 0) is 70.6 Å². The molecule has 1 heterocycles. The van der Waals surface area contributed by atoms with E-state index in [1.807, 2.05) is 33.2 Å². The zero-order valence-corrected chi connectivity index (χ0v) is 24.8. The summed E-state index contributed by atoms with van der Waals surface area (Å²) in [5, 5.41) is 4.03. The van der Waals surface area contributed by atoms with Crippen molar-refractivity contribution in [2.24, 2.45) is 0 Å². The molecular formula is C30H37Cl2N5O3. The second-order valence-corrected chi connectivity index (χ2v) is 11.0. The van der Waals surface area contributed by atoms with Gasteiger partial charge in [0.05, 0.1) is 29.0 Å². The Labute approximate surface area is 246 Å². The number of carbonyl (C=O) groups is 1. The first-order valence-corrected chi connectivity index (χ1v) is 14.5. The Morgan fingerprint density at radius 1 is 1.02 bits per heavy atom. The van der Waals surface area contributed by atoms with E-state index in [1.165, 1.54) is 6.42 Å². The molecule has 3 N–H and O–H groups in total. The number of nitrogens with two attached hydrogens (primary N) is 1. The van der Waals surface area contributed by atoms with Crippen molar-refractivity contribution in [2.75, 3.05) is 39.6 Å². The number of aromatic nitrogens is 2. The molecule has 0 saturated heterocycles. The fourth-order valence-corrected chi connectivity index (χ4v) is 5.15. The number of benzene rings is 2. The average molecular weight is 587 g/mol. The number of nitrogens with zero attached hydrogens (tertiary/aromatic N) is 3. The summed E-state index contributed by atoms with van der Waals surface area (Å²) >= 11 is 13.1. The third kappa shape index (κ3) is 7.56. The van der Waals surface area contributed by atoms with E-state index in [0.717, 1.165) is 38.6 Å². The third-order valence-electron chi connectivity index (χ3n) is 6.79. The number of halogens is 2. The van der Waals surface area contributed by atoms with Crippen LogP contribution in [-0.2, 0) is 0 Å². The van der Waals surface area contributed by atoms with Crippen molar-refractivity contribution in [1.82, 2.24) is 20.2 Å². The summed E-state index contributed by atoms with van der Waals surface area (Å²) in [6, 6.07) is 10.8. The highest BCUT2D eigenvalue weighted by molar-refractivity contribution is 6.33. The van der Waals surface area contributed by atoms with Crippen molar-refractivity contribution < 1.29 is 14.3 Å². The number of amides is 1. The van der Waals surface area contributed by atoms with Crippen LogP contribution in [0.1, 0.15) is 55.9 Å². The summed E-state index contributed by atoms with van der Waals surface area (Å²) < 4.78 is 11.7. The molecule has 0 bridgehead atoms. The number of rotatable bonds is 11. The van der Waals surface area contributed by atoms with Crippen LogP contribution in [0.5, 0.6) is 11.5 Å². The molecule has 1 amide bonds. The lowest BCUT2D eigenvalue weighted by Crippen LogP contribution is -2.37. The van der Waals surface area contributed by atoms with Crippen LogP contribution in [0.4, 0.5) is 5.82 Å². The Balaban J connectivity index is 1.78. The summed E-state index contributed by atoms with van der Waals surface area (Å²) in [4.78, 5) is 24.9. The molecule has 1 saturated carbocycles. The van der Waals surface area contributed by atoms with E-state index >= 15 is 0 Å². The van der Waals surface area contributed by atoms with E-state index in [4.69, 9.17) is 43.4 Å². The van der Waals surface area contributed by atoms with Crippen LogP contribution in [0.25, 0.3) is 22.5 Å². The molecule has 1 aliphatic rings. The average Bonchev–Trinajstić information content (AvgIpc) is 2.93. The third-order valence-corrected chi connectivity index (χ3v) is 7.44. The molecule has 0 radical (unpaired) electrons. The van der Waals surface area contributed by atoms with Gasteiger partial charge in [0, 0.05) is 23.7 Å². The molecule has 0 unspecified atom stereocenters. The van der Waals surface area contributed by atoms with Gasteiger partial charge in [-0.3, -0.25) is 4.79 Å². The summed E-state index contributed by atoms with van der Waals surface area (Å²) in [5.41, 5.74) is 8.55. The summed E-state index contributed by atoms with van der Waals surface area (Å²) in [5.74, 6) is 0.838. The van der Waals surface area contributed by atoms with Crippen LogP contribution in [0.2, 0.25) is 10.0 Å². The minimum absolute atomic E-state index is 0.0269. The molecule has 40 heavy (non-hydrogen) atoms. The van der Waals surface area contributed by atoms with Crippen molar-refractivity contribution >= 4 is 34.9 Å². The predicted molar refractivity (Wildman–Crippen MR) is 162 cm³/mol. The molecule has 4 rings (SSSR count). The lowest BCUT2D eigenvalue weighted by atomic mass is 9.95. The first-order chi connectivity index (χ1) is 19.3. The highest BCUT2D eigenvalue weighted by Gasteiger charge is 2.24. The van der Waals surface area contributed by atoms with Gasteiger partial charge in [-0.2, -0.15) is 0 Å². The number of nitrogens with one attached hydrogen (secondary N) is 1. The predicted octanol–water partition coefficient (Wildman–Crippen LogP) is 6.49. The van der Waals surface area contributed by atoms with Gasteiger partial charge in [0.2, 0.25) is 0 Å². The fraction of sp³-hybridized carbons (Fsp3) is 0.433. The minimum Gasteiger partial charge on any atom is -0.494 e. The van der Waals surface area contributed by atoms with Gasteiger partial charge in [-0.1, -0.05) is 48.5 Å². The zero-order valence-electron chi connectivity index (χ0n) is 23.3. The van der Waals surface area contributed by atoms with Gasteiger partial charge in [-0.15, -0.1) is 0 Å². The largest absolute Gasteiger partial charge is 0.494 e. The van der Waals surface area contributed by atoms with Crippen LogP contribution in [0, 0.1) is 0 Å². The quantitative estimate of drug-likeness (QED) is 0.248. The standard InChI is InChI=1S/C30H37Cl2N5O3/c1-4-39-21-12-14-23(31)22(18-21)27-26(19-11-13-24(32)25(17-19)40-16-8-15-37(2)3)35-28(29(33)36-27)30(38)34-20-9-6-5-7-10-20/h11-14,17-18,20H,4-10,15-16H2,1-3H3,(H2,33,36)(H,34,38). The van der Waals surface area contributed by atoms with E-state index in [2.05, 4.69) is 15.2 Å². The Morgan fingerprint density at radius 2 is 1.77 bits per heavy atom. The van der Waals surface area contributed by atoms with Crippen molar-refractivity contribution in [3.63, 3.8) is 0 Å². The van der Waals surface area contributed by atoms with Gasteiger partial charge in [0.15, 0.2) is 11.5 Å². The SMILES string of the molecule is CCOc1ccc(Cl)c(-c2nc(N)c(C(=O)NC3CCCCC3)nc2-c2ccc(Cl)c(OCCCN(C)C)c2)c1. The Kier molecular flexibility index (Phi) is 10.5. The second kappa shape index (κ2) is 14.0. The molecule has 3 aromatic rings. The highest BCUT2D eigenvalue weighted by atomic mass is 35.5. The Morgan fingerprint density at radius 3 is 2.50 bits per heavy atom. The highest BCUT2D eigenvalue weighted by Crippen LogP contribution is 2.39. The molecule has 0 aliphatic heterocycles. The molecule has 1 aliphatic carbocycles. The Hall–Kier alpha value is -3.07. The van der Waals surface area contributed by atoms with Crippen LogP contribution < -0.4 is 20.5 Å². The molecule has 0 atom stereocenters. The summed E-state index contributed by atoms with van der Waals surface area (Å²) in [7, 11) is 4.03.